The first-order valence-corrected chi connectivity index (χ1v) is 9.18. The van der Waals surface area contributed by atoms with E-state index in [9.17, 15) is 4.79 Å². The molecule has 2 aromatic carbocycles. The van der Waals surface area contributed by atoms with Crippen molar-refractivity contribution < 1.29 is 4.79 Å². The molecule has 2 aromatic rings. The Morgan fingerprint density at radius 1 is 1.20 bits per heavy atom. The van der Waals surface area contributed by atoms with Crippen LogP contribution in [0.4, 0.5) is 0 Å². The second-order valence-electron chi connectivity index (χ2n) is 5.87. The van der Waals surface area contributed by atoms with E-state index in [4.69, 9.17) is 5.26 Å². The molecule has 1 amide bonds. The molecule has 0 N–H and O–H groups in total. The summed E-state index contributed by atoms with van der Waals surface area (Å²) in [5.74, 6) is 0.788. The van der Waals surface area contributed by atoms with E-state index in [-0.39, 0.29) is 5.91 Å². The van der Waals surface area contributed by atoms with Crippen LogP contribution in [0.2, 0.25) is 0 Å². The number of hydrogen-bond acceptors (Lipinski definition) is 3. The summed E-state index contributed by atoms with van der Waals surface area (Å²) in [6.45, 7) is 9.05. The standard InChI is InChI=1S/C21H22N2OS/c1-4-23(14-16(2)3)21(24)19-7-5-6-8-20(19)25-15-18-11-9-17(13-22)10-12-18/h5-12H,2,4,14-15H2,1,3H3. The van der Waals surface area contributed by atoms with Crippen LogP contribution in [0.15, 0.2) is 65.6 Å². The van der Waals surface area contributed by atoms with Gasteiger partial charge in [-0.25, -0.2) is 0 Å². The van der Waals surface area contributed by atoms with Crippen molar-refractivity contribution in [3.63, 3.8) is 0 Å². The lowest BCUT2D eigenvalue weighted by molar-refractivity contribution is 0.0775. The molecule has 0 aliphatic carbocycles. The van der Waals surface area contributed by atoms with Crippen LogP contribution in [0.5, 0.6) is 0 Å². The zero-order valence-corrected chi connectivity index (χ0v) is 15.5. The zero-order valence-electron chi connectivity index (χ0n) is 14.7. The van der Waals surface area contributed by atoms with Crippen molar-refractivity contribution in [3.8, 4) is 6.07 Å². The summed E-state index contributed by atoms with van der Waals surface area (Å²) in [5.41, 5.74) is 3.48. The van der Waals surface area contributed by atoms with E-state index >= 15 is 0 Å². The summed E-state index contributed by atoms with van der Waals surface area (Å²) < 4.78 is 0. The molecule has 0 aliphatic heterocycles. The molecule has 0 heterocycles. The van der Waals surface area contributed by atoms with Gasteiger partial charge in [0.25, 0.3) is 5.91 Å². The van der Waals surface area contributed by atoms with Crippen LogP contribution >= 0.6 is 11.8 Å². The van der Waals surface area contributed by atoms with Crippen LogP contribution in [-0.2, 0) is 5.75 Å². The van der Waals surface area contributed by atoms with Gasteiger partial charge in [0.15, 0.2) is 0 Å². The molecule has 0 aromatic heterocycles. The minimum atomic E-state index is 0.0356. The quantitative estimate of drug-likeness (QED) is 0.527. The largest absolute Gasteiger partial charge is 0.335 e. The number of nitrogens with zero attached hydrogens (tertiary/aromatic N) is 2. The Bertz CT molecular complexity index is 790. The Morgan fingerprint density at radius 3 is 2.48 bits per heavy atom. The zero-order chi connectivity index (χ0) is 18.2. The van der Waals surface area contributed by atoms with Crippen molar-refractivity contribution in [1.29, 1.82) is 5.26 Å². The second kappa shape index (κ2) is 9.10. The summed E-state index contributed by atoms with van der Waals surface area (Å²) >= 11 is 1.64. The predicted molar refractivity (Wildman–Crippen MR) is 104 cm³/mol. The molecule has 0 radical (unpaired) electrons. The van der Waals surface area contributed by atoms with Crippen molar-refractivity contribution in [3.05, 3.63) is 77.4 Å². The Kier molecular flexibility index (Phi) is 6.85. The number of carbonyl (C=O) groups is 1. The van der Waals surface area contributed by atoms with Gasteiger partial charge in [-0.05, 0) is 43.7 Å². The van der Waals surface area contributed by atoms with Gasteiger partial charge in [0.05, 0.1) is 17.2 Å². The lowest BCUT2D eigenvalue weighted by Gasteiger charge is -2.22. The van der Waals surface area contributed by atoms with Gasteiger partial charge in [-0.2, -0.15) is 5.26 Å². The number of likely N-dealkylation sites (N-methyl/N-ethyl adjacent to an activating group) is 1. The molecular formula is C21H22N2OS. The fraction of sp³-hybridized carbons (Fsp3) is 0.238. The van der Waals surface area contributed by atoms with Crippen molar-refractivity contribution >= 4 is 17.7 Å². The molecule has 0 bridgehead atoms. The van der Waals surface area contributed by atoms with Crippen LogP contribution in [0.25, 0.3) is 0 Å². The molecule has 128 valence electrons. The summed E-state index contributed by atoms with van der Waals surface area (Å²) in [6, 6.07) is 17.4. The average Bonchev–Trinajstić information content (AvgIpc) is 2.64. The third-order valence-electron chi connectivity index (χ3n) is 3.72. The van der Waals surface area contributed by atoms with Crippen molar-refractivity contribution in [2.45, 2.75) is 24.5 Å². The normalized spacial score (nSPS) is 10.1. The molecule has 0 saturated heterocycles. The lowest BCUT2D eigenvalue weighted by Crippen LogP contribution is -2.32. The maximum atomic E-state index is 12.9. The lowest BCUT2D eigenvalue weighted by atomic mass is 10.2. The number of nitriles is 1. The topological polar surface area (TPSA) is 44.1 Å². The molecule has 3 nitrogen and oxygen atoms in total. The number of carbonyl (C=O) groups excluding carboxylic acids is 1. The smallest absolute Gasteiger partial charge is 0.255 e. The van der Waals surface area contributed by atoms with E-state index in [1.165, 1.54) is 0 Å². The molecular weight excluding hydrogens is 328 g/mol. The minimum Gasteiger partial charge on any atom is -0.335 e. The number of thioether (sulfide) groups is 1. The first-order chi connectivity index (χ1) is 12.0. The molecule has 2 rings (SSSR count). The van der Waals surface area contributed by atoms with Crippen molar-refractivity contribution in [2.24, 2.45) is 0 Å². The summed E-state index contributed by atoms with van der Waals surface area (Å²) in [6.07, 6.45) is 0. The number of hydrogen-bond donors (Lipinski definition) is 0. The maximum Gasteiger partial charge on any atom is 0.255 e. The molecule has 0 spiro atoms. The second-order valence-corrected chi connectivity index (χ2v) is 6.89. The first kappa shape index (κ1) is 18.8. The highest BCUT2D eigenvalue weighted by molar-refractivity contribution is 7.98. The maximum absolute atomic E-state index is 12.9. The molecule has 0 unspecified atom stereocenters. The summed E-state index contributed by atoms with van der Waals surface area (Å²) in [4.78, 5) is 15.6. The predicted octanol–water partition coefficient (Wildman–Crippen LogP) is 4.89. The van der Waals surface area contributed by atoms with Crippen LogP contribution < -0.4 is 0 Å². The Hall–Kier alpha value is -2.51. The minimum absolute atomic E-state index is 0.0356. The van der Waals surface area contributed by atoms with E-state index in [0.717, 1.165) is 27.3 Å². The van der Waals surface area contributed by atoms with Gasteiger partial charge in [0.2, 0.25) is 0 Å². The van der Waals surface area contributed by atoms with Crippen molar-refractivity contribution in [2.75, 3.05) is 13.1 Å². The van der Waals surface area contributed by atoms with Gasteiger partial charge in [0.1, 0.15) is 0 Å². The van der Waals surface area contributed by atoms with E-state index in [2.05, 4.69) is 12.6 Å². The Balaban J connectivity index is 2.15. The molecule has 25 heavy (non-hydrogen) atoms. The number of rotatable bonds is 7. The van der Waals surface area contributed by atoms with Gasteiger partial charge >= 0.3 is 0 Å². The van der Waals surface area contributed by atoms with Gasteiger partial charge in [0, 0.05) is 23.7 Å². The van der Waals surface area contributed by atoms with Crippen LogP contribution in [-0.4, -0.2) is 23.9 Å². The van der Waals surface area contributed by atoms with E-state index in [1.54, 1.807) is 11.8 Å². The van der Waals surface area contributed by atoms with Crippen molar-refractivity contribution in [1.82, 2.24) is 4.90 Å². The molecule has 0 atom stereocenters. The number of benzene rings is 2. The Labute approximate surface area is 154 Å². The van der Waals surface area contributed by atoms with E-state index < -0.39 is 0 Å². The monoisotopic (exact) mass is 350 g/mol. The number of amides is 1. The third kappa shape index (κ3) is 5.23. The third-order valence-corrected chi connectivity index (χ3v) is 4.87. The van der Waals surface area contributed by atoms with Crippen LogP contribution in [0.3, 0.4) is 0 Å². The van der Waals surface area contributed by atoms with Gasteiger partial charge in [-0.15, -0.1) is 11.8 Å². The van der Waals surface area contributed by atoms with E-state index in [1.807, 2.05) is 67.3 Å². The SMILES string of the molecule is C=C(C)CN(CC)C(=O)c1ccccc1SCc1ccc(C#N)cc1. The highest BCUT2D eigenvalue weighted by atomic mass is 32.2. The summed E-state index contributed by atoms with van der Waals surface area (Å²) in [5, 5.41) is 8.87. The van der Waals surface area contributed by atoms with Crippen LogP contribution in [0, 0.1) is 11.3 Å². The van der Waals surface area contributed by atoms with Crippen LogP contribution in [0.1, 0.15) is 35.3 Å². The summed E-state index contributed by atoms with van der Waals surface area (Å²) in [7, 11) is 0. The Morgan fingerprint density at radius 2 is 1.88 bits per heavy atom. The highest BCUT2D eigenvalue weighted by Crippen LogP contribution is 2.27. The fourth-order valence-corrected chi connectivity index (χ4v) is 3.43. The highest BCUT2D eigenvalue weighted by Gasteiger charge is 2.17. The first-order valence-electron chi connectivity index (χ1n) is 8.19. The fourth-order valence-electron chi connectivity index (χ4n) is 2.43. The van der Waals surface area contributed by atoms with E-state index in [0.29, 0.717) is 18.7 Å². The van der Waals surface area contributed by atoms with Gasteiger partial charge in [-0.1, -0.05) is 36.4 Å². The molecule has 0 aliphatic rings. The average molecular weight is 350 g/mol. The molecule has 0 fully saturated rings. The van der Waals surface area contributed by atoms with Gasteiger partial charge in [-0.3, -0.25) is 4.79 Å². The molecule has 4 heteroatoms. The van der Waals surface area contributed by atoms with Gasteiger partial charge < -0.3 is 4.90 Å². The molecule has 0 saturated carbocycles.